The highest BCUT2D eigenvalue weighted by atomic mass is 32.3. The van der Waals surface area contributed by atoms with Crippen LogP contribution in [0.2, 0.25) is 0 Å². The van der Waals surface area contributed by atoms with Gasteiger partial charge in [-0.05, 0) is 31.7 Å². The molecule has 0 unspecified atom stereocenters. The molecule has 0 aromatic carbocycles. The van der Waals surface area contributed by atoms with Crippen LogP contribution in [0, 0.1) is 17.2 Å². The first-order chi connectivity index (χ1) is 12.8. The van der Waals surface area contributed by atoms with Crippen LogP contribution < -0.4 is 10.8 Å². The highest BCUT2D eigenvalue weighted by Gasteiger charge is 2.49. The third kappa shape index (κ3) is 4.66. The van der Waals surface area contributed by atoms with Crippen molar-refractivity contribution in [2.45, 2.75) is 43.8 Å². The van der Waals surface area contributed by atoms with Crippen LogP contribution in [0.1, 0.15) is 25.7 Å². The molecule has 27 heavy (non-hydrogen) atoms. The van der Waals surface area contributed by atoms with E-state index in [1.54, 1.807) is 0 Å². The van der Waals surface area contributed by atoms with Crippen molar-refractivity contribution >= 4 is 22.3 Å². The smallest absolute Gasteiger partial charge is 0.311 e. The molecule has 13 heteroatoms. The molecule has 0 spiro atoms. The van der Waals surface area contributed by atoms with E-state index in [9.17, 15) is 18.0 Å². The number of urea groups is 1. The first kappa shape index (κ1) is 19.8. The number of carbonyl (C=O) groups is 2. The van der Waals surface area contributed by atoms with Crippen LogP contribution in [0.5, 0.6) is 0 Å². The number of hydrogen-bond donors (Lipinski definition) is 3. The third-order valence-corrected chi connectivity index (χ3v) is 5.30. The number of piperidine rings is 1. The van der Waals surface area contributed by atoms with Crippen molar-refractivity contribution in [3.8, 4) is 6.07 Å². The van der Waals surface area contributed by atoms with E-state index in [1.807, 2.05) is 0 Å². The molecule has 3 saturated heterocycles. The number of nitrogens with zero attached hydrogens (tertiary/aromatic N) is 3. The van der Waals surface area contributed by atoms with Crippen molar-refractivity contribution in [2.24, 2.45) is 5.92 Å². The molecule has 12 nitrogen and oxygen atoms in total. The normalized spacial score (nSPS) is 30.4. The molecule has 0 aromatic heterocycles. The molecule has 0 saturated carbocycles. The van der Waals surface area contributed by atoms with Gasteiger partial charge in [0.15, 0.2) is 0 Å². The van der Waals surface area contributed by atoms with E-state index in [-0.39, 0.29) is 25.1 Å². The highest BCUT2D eigenvalue weighted by molar-refractivity contribution is 7.80. The average molecular weight is 403 g/mol. The number of hydrogen-bond acceptors (Lipinski definition) is 8. The fraction of sp³-hybridized carbons (Fsp3) is 0.786. The molecule has 0 radical (unpaired) electrons. The van der Waals surface area contributed by atoms with Crippen LogP contribution in [0.25, 0.3) is 0 Å². The molecule has 150 valence electrons. The van der Waals surface area contributed by atoms with E-state index in [4.69, 9.17) is 14.7 Å². The Morgan fingerprint density at radius 2 is 2.22 bits per heavy atom. The Hall–Kier alpha value is -1.98. The maximum absolute atomic E-state index is 12.3. The fourth-order valence-electron chi connectivity index (χ4n) is 3.70. The Bertz CT molecular complexity index is 739. The number of carbonyl (C=O) groups excluding carboxylic acids is 2. The van der Waals surface area contributed by atoms with Gasteiger partial charge in [0, 0.05) is 19.0 Å². The molecule has 3 aliphatic rings. The van der Waals surface area contributed by atoms with E-state index in [0.29, 0.717) is 24.3 Å². The predicted octanol–water partition coefficient (Wildman–Crippen LogP) is -1.07. The second kappa shape index (κ2) is 7.95. The fourth-order valence-corrected chi connectivity index (χ4v) is 4.09. The SMILES string of the molecule is N#CC[C@H]1CN[C@H](CONC(=O)[C@@H]2CC[C@@H]3CN2C(=O)N3OS(=O)(=O)O)C1. The number of amides is 3. The number of nitrogens with one attached hydrogen (secondary N) is 2. The maximum atomic E-state index is 12.3. The van der Waals surface area contributed by atoms with E-state index in [1.165, 1.54) is 4.90 Å². The van der Waals surface area contributed by atoms with Gasteiger partial charge in [0.2, 0.25) is 0 Å². The van der Waals surface area contributed by atoms with Crippen LogP contribution in [-0.4, -0.2) is 72.7 Å². The Labute approximate surface area is 156 Å². The van der Waals surface area contributed by atoms with E-state index >= 15 is 0 Å². The summed E-state index contributed by atoms with van der Waals surface area (Å²) < 4.78 is 34.8. The largest absolute Gasteiger partial charge is 0.418 e. The summed E-state index contributed by atoms with van der Waals surface area (Å²) in [6.45, 7) is 1.08. The average Bonchev–Trinajstić information content (AvgIpc) is 3.13. The quantitative estimate of drug-likeness (QED) is 0.355. The maximum Gasteiger partial charge on any atom is 0.418 e. The van der Waals surface area contributed by atoms with Gasteiger partial charge in [-0.3, -0.25) is 14.2 Å². The van der Waals surface area contributed by atoms with Crippen molar-refractivity contribution in [3.05, 3.63) is 0 Å². The van der Waals surface area contributed by atoms with Crippen molar-refractivity contribution < 1.29 is 31.7 Å². The summed E-state index contributed by atoms with van der Waals surface area (Å²) in [6.07, 6.45) is 1.90. The third-order valence-electron chi connectivity index (χ3n) is 4.95. The summed E-state index contributed by atoms with van der Waals surface area (Å²) in [5, 5.41) is 12.5. The lowest BCUT2D eigenvalue weighted by molar-refractivity contribution is -0.139. The molecule has 4 atom stereocenters. The molecular formula is C14H21N5O7S. The minimum Gasteiger partial charge on any atom is -0.311 e. The Balaban J connectivity index is 1.47. The zero-order valence-corrected chi connectivity index (χ0v) is 15.2. The lowest BCUT2D eigenvalue weighted by Crippen LogP contribution is -2.50. The second-order valence-electron chi connectivity index (χ2n) is 6.86. The zero-order chi connectivity index (χ0) is 19.6. The van der Waals surface area contributed by atoms with Gasteiger partial charge in [-0.25, -0.2) is 10.3 Å². The molecule has 3 fully saturated rings. The first-order valence-corrected chi connectivity index (χ1v) is 9.94. The molecule has 0 aromatic rings. The molecular weight excluding hydrogens is 382 g/mol. The summed E-state index contributed by atoms with van der Waals surface area (Å²) in [7, 11) is -4.82. The Morgan fingerprint density at radius 1 is 1.44 bits per heavy atom. The van der Waals surface area contributed by atoms with Gasteiger partial charge >= 0.3 is 16.4 Å². The molecule has 3 amide bonds. The lowest BCUT2D eigenvalue weighted by Gasteiger charge is -2.29. The van der Waals surface area contributed by atoms with Crippen LogP contribution >= 0.6 is 0 Å². The number of hydroxylamine groups is 3. The number of nitriles is 1. The summed E-state index contributed by atoms with van der Waals surface area (Å²) in [6, 6.07) is -0.00124. The van der Waals surface area contributed by atoms with Crippen molar-refractivity contribution in [2.75, 3.05) is 19.7 Å². The first-order valence-electron chi connectivity index (χ1n) is 8.57. The minimum absolute atomic E-state index is 0.0338. The highest BCUT2D eigenvalue weighted by Crippen LogP contribution is 2.30. The Morgan fingerprint density at radius 3 is 2.93 bits per heavy atom. The second-order valence-corrected chi connectivity index (χ2v) is 7.86. The molecule has 3 heterocycles. The lowest BCUT2D eigenvalue weighted by atomic mass is 10.0. The zero-order valence-electron chi connectivity index (χ0n) is 14.4. The van der Waals surface area contributed by atoms with Crippen molar-refractivity contribution in [3.63, 3.8) is 0 Å². The summed E-state index contributed by atoms with van der Waals surface area (Å²) in [4.78, 5) is 31.0. The van der Waals surface area contributed by atoms with Gasteiger partial charge in [0.25, 0.3) is 5.91 Å². The van der Waals surface area contributed by atoms with Crippen LogP contribution in [-0.2, 0) is 24.3 Å². The van der Waals surface area contributed by atoms with Crippen LogP contribution in [0.3, 0.4) is 0 Å². The standard InChI is InChI=1S/C14H21N5O7S/c15-4-3-9-5-10(16-6-9)8-25-17-13(20)12-2-1-11-7-18(12)14(21)19(11)26-27(22,23)24/h9-12,16H,1-3,5-8H2,(H,17,20)(H,22,23,24)/t9-,10+,11-,12+/m1/s1. The van der Waals surface area contributed by atoms with Gasteiger partial charge in [0.05, 0.1) is 18.7 Å². The number of rotatable bonds is 7. The van der Waals surface area contributed by atoms with Gasteiger partial charge < -0.3 is 10.2 Å². The monoisotopic (exact) mass is 403 g/mol. The molecule has 3 rings (SSSR count). The molecule has 0 aliphatic carbocycles. The Kier molecular flexibility index (Phi) is 5.82. The van der Waals surface area contributed by atoms with E-state index in [0.717, 1.165) is 13.0 Å². The summed E-state index contributed by atoms with van der Waals surface area (Å²) in [5.41, 5.74) is 2.33. The van der Waals surface area contributed by atoms with Crippen molar-refractivity contribution in [1.82, 2.24) is 20.8 Å². The molecule has 3 N–H and O–H groups in total. The molecule has 2 bridgehead atoms. The van der Waals surface area contributed by atoms with Gasteiger partial charge in [-0.2, -0.15) is 18.7 Å². The topological polar surface area (TPSA) is 161 Å². The van der Waals surface area contributed by atoms with Gasteiger partial charge in [-0.1, -0.05) is 0 Å². The van der Waals surface area contributed by atoms with Crippen LogP contribution in [0.4, 0.5) is 4.79 Å². The van der Waals surface area contributed by atoms with E-state index < -0.39 is 34.4 Å². The molecule has 3 aliphatic heterocycles. The van der Waals surface area contributed by atoms with Crippen molar-refractivity contribution in [1.29, 1.82) is 5.26 Å². The van der Waals surface area contributed by atoms with Crippen LogP contribution in [0.15, 0.2) is 0 Å². The van der Waals surface area contributed by atoms with Gasteiger partial charge in [0.1, 0.15) is 6.04 Å². The summed E-state index contributed by atoms with van der Waals surface area (Å²) in [5.74, 6) is -0.243. The summed E-state index contributed by atoms with van der Waals surface area (Å²) >= 11 is 0. The predicted molar refractivity (Wildman–Crippen MR) is 87.6 cm³/mol. The van der Waals surface area contributed by atoms with Gasteiger partial charge in [-0.15, -0.1) is 4.28 Å². The minimum atomic E-state index is -4.82. The number of fused-ring (bicyclic) bond motifs is 2. The van der Waals surface area contributed by atoms with E-state index in [2.05, 4.69) is 21.1 Å².